The normalized spacial score (nSPS) is 19.6. The molecule has 0 saturated heterocycles. The summed E-state index contributed by atoms with van der Waals surface area (Å²) < 4.78 is 0. The van der Waals surface area contributed by atoms with Crippen LogP contribution < -0.4 is 0 Å². The van der Waals surface area contributed by atoms with Crippen LogP contribution in [0.5, 0.6) is 0 Å². The summed E-state index contributed by atoms with van der Waals surface area (Å²) >= 11 is 6.47. The Labute approximate surface area is 117 Å². The highest BCUT2D eigenvalue weighted by Gasteiger charge is 2.29. The topological polar surface area (TPSA) is 21.6 Å². The van der Waals surface area contributed by atoms with Crippen molar-refractivity contribution in [1.29, 1.82) is 0 Å². The lowest BCUT2D eigenvalue weighted by Gasteiger charge is -2.15. The first-order valence-corrected chi connectivity index (χ1v) is 6.75. The van der Waals surface area contributed by atoms with Gasteiger partial charge in [-0.2, -0.15) is 0 Å². The minimum Gasteiger partial charge on any atom is -0.390 e. The predicted molar refractivity (Wildman–Crippen MR) is 77.5 cm³/mol. The first-order chi connectivity index (χ1) is 9.34. The smallest absolute Gasteiger partial charge is 0.153 e. The third-order valence-corrected chi connectivity index (χ3v) is 3.78. The summed E-state index contributed by atoms with van der Waals surface area (Å²) in [5.41, 5.74) is 3.13. The van der Waals surface area contributed by atoms with Crippen molar-refractivity contribution in [1.82, 2.24) is 0 Å². The van der Waals surface area contributed by atoms with Gasteiger partial charge in [-0.3, -0.25) is 0 Å². The molecule has 1 aliphatic heterocycles. The summed E-state index contributed by atoms with van der Waals surface area (Å²) in [5.74, 6) is 0. The molecule has 1 aliphatic rings. The van der Waals surface area contributed by atoms with E-state index in [4.69, 9.17) is 16.4 Å². The first-order valence-electron chi connectivity index (χ1n) is 6.32. The van der Waals surface area contributed by atoms with Gasteiger partial charge in [-0.05, 0) is 11.1 Å². The van der Waals surface area contributed by atoms with Crippen molar-refractivity contribution >= 4 is 17.3 Å². The van der Waals surface area contributed by atoms with E-state index in [1.807, 2.05) is 60.7 Å². The van der Waals surface area contributed by atoms with Gasteiger partial charge in [0.1, 0.15) is 0 Å². The molecule has 0 N–H and O–H groups in total. The van der Waals surface area contributed by atoms with Crippen LogP contribution in [0.3, 0.4) is 0 Å². The molecular formula is C16H14ClNO. The molecule has 0 bridgehead atoms. The predicted octanol–water partition coefficient (Wildman–Crippen LogP) is 4.16. The monoisotopic (exact) mass is 271 g/mol. The van der Waals surface area contributed by atoms with Gasteiger partial charge >= 0.3 is 0 Å². The maximum Gasteiger partial charge on any atom is 0.153 e. The molecule has 0 amide bonds. The van der Waals surface area contributed by atoms with Crippen molar-refractivity contribution in [2.75, 3.05) is 0 Å². The van der Waals surface area contributed by atoms with Gasteiger partial charge in [0.2, 0.25) is 0 Å². The highest BCUT2D eigenvalue weighted by Crippen LogP contribution is 2.32. The van der Waals surface area contributed by atoms with Gasteiger partial charge in [0.15, 0.2) is 6.10 Å². The minimum absolute atomic E-state index is 0.0979. The fraction of sp³-hybridized carbons (Fsp3) is 0.188. The van der Waals surface area contributed by atoms with Crippen molar-refractivity contribution in [3.8, 4) is 0 Å². The number of hydrogen-bond acceptors (Lipinski definition) is 2. The van der Waals surface area contributed by atoms with Crippen LogP contribution in [0.15, 0.2) is 65.8 Å². The van der Waals surface area contributed by atoms with Crippen molar-refractivity contribution < 1.29 is 4.84 Å². The Balaban J connectivity index is 1.72. The maximum absolute atomic E-state index is 6.47. The number of hydrogen-bond donors (Lipinski definition) is 0. The Morgan fingerprint density at radius 1 is 1.00 bits per heavy atom. The molecule has 0 fully saturated rings. The van der Waals surface area contributed by atoms with Crippen LogP contribution in [0.4, 0.5) is 0 Å². The van der Waals surface area contributed by atoms with Gasteiger partial charge in [-0.1, -0.05) is 65.8 Å². The molecule has 2 aromatic carbocycles. The van der Waals surface area contributed by atoms with Crippen LogP contribution in [-0.2, 0) is 4.84 Å². The molecule has 0 aliphatic carbocycles. The second-order valence-electron chi connectivity index (χ2n) is 4.56. The summed E-state index contributed by atoms with van der Waals surface area (Å²) in [7, 11) is 0. The number of benzene rings is 2. The van der Waals surface area contributed by atoms with Crippen molar-refractivity contribution in [2.45, 2.75) is 17.9 Å². The van der Waals surface area contributed by atoms with Gasteiger partial charge in [0, 0.05) is 6.42 Å². The summed E-state index contributed by atoms with van der Waals surface area (Å²) in [6.45, 7) is 0. The largest absolute Gasteiger partial charge is 0.390 e. The van der Waals surface area contributed by atoms with Crippen LogP contribution in [0.25, 0.3) is 0 Å². The summed E-state index contributed by atoms with van der Waals surface area (Å²) in [4.78, 5) is 5.49. The van der Waals surface area contributed by atoms with Crippen LogP contribution in [0.1, 0.15) is 22.9 Å². The average molecular weight is 272 g/mol. The van der Waals surface area contributed by atoms with E-state index in [1.165, 1.54) is 0 Å². The van der Waals surface area contributed by atoms with E-state index in [2.05, 4.69) is 5.16 Å². The molecule has 2 atom stereocenters. The molecule has 2 aromatic rings. The molecule has 19 heavy (non-hydrogen) atoms. The number of oxime groups is 1. The van der Waals surface area contributed by atoms with Gasteiger partial charge in [-0.15, -0.1) is 11.6 Å². The van der Waals surface area contributed by atoms with E-state index in [0.29, 0.717) is 0 Å². The van der Waals surface area contributed by atoms with Crippen LogP contribution in [0.2, 0.25) is 0 Å². The number of halogens is 1. The van der Waals surface area contributed by atoms with E-state index < -0.39 is 0 Å². The van der Waals surface area contributed by atoms with Gasteiger partial charge in [0.05, 0.1) is 11.1 Å². The summed E-state index contributed by atoms with van der Waals surface area (Å²) in [6.07, 6.45) is 0.645. The molecule has 0 radical (unpaired) electrons. The fourth-order valence-electron chi connectivity index (χ4n) is 2.21. The molecule has 0 saturated carbocycles. The summed E-state index contributed by atoms with van der Waals surface area (Å²) in [6, 6.07) is 20.0. The zero-order valence-corrected chi connectivity index (χ0v) is 11.1. The first kappa shape index (κ1) is 12.2. The third-order valence-electron chi connectivity index (χ3n) is 3.24. The Morgan fingerprint density at radius 2 is 1.63 bits per heavy atom. The lowest BCUT2D eigenvalue weighted by molar-refractivity contribution is 0.0821. The standard InChI is InChI=1S/C16H14ClNO/c17-16(13-9-5-2-6-10-13)15-11-14(18-19-15)12-7-3-1-4-8-12/h1-10,15-16H,11H2/t15-,16+/m1/s1. The van der Waals surface area contributed by atoms with Crippen molar-refractivity contribution in [3.63, 3.8) is 0 Å². The second-order valence-corrected chi connectivity index (χ2v) is 5.03. The minimum atomic E-state index is -0.175. The number of nitrogens with zero attached hydrogens (tertiary/aromatic N) is 1. The number of rotatable bonds is 3. The van der Waals surface area contributed by atoms with E-state index >= 15 is 0 Å². The maximum atomic E-state index is 6.47. The zero-order valence-electron chi connectivity index (χ0n) is 10.4. The van der Waals surface area contributed by atoms with Crippen molar-refractivity contribution in [2.24, 2.45) is 5.16 Å². The highest BCUT2D eigenvalue weighted by atomic mass is 35.5. The van der Waals surface area contributed by atoms with Gasteiger partial charge in [0.25, 0.3) is 0 Å². The quantitative estimate of drug-likeness (QED) is 0.768. The molecular weight excluding hydrogens is 258 g/mol. The molecule has 3 rings (SSSR count). The molecule has 0 aromatic heterocycles. The van der Waals surface area contributed by atoms with E-state index in [-0.39, 0.29) is 11.5 Å². The van der Waals surface area contributed by atoms with Crippen molar-refractivity contribution in [3.05, 3.63) is 71.8 Å². The Kier molecular flexibility index (Phi) is 3.51. The Morgan fingerprint density at radius 3 is 2.32 bits per heavy atom. The van der Waals surface area contributed by atoms with Gasteiger partial charge in [-0.25, -0.2) is 0 Å². The SMILES string of the molecule is Cl[C@@H](c1ccccc1)[C@H]1CC(c2ccccc2)=NO1. The lowest BCUT2D eigenvalue weighted by atomic mass is 10.00. The van der Waals surface area contributed by atoms with Crippen LogP contribution in [0, 0.1) is 0 Å². The summed E-state index contributed by atoms with van der Waals surface area (Å²) in [5, 5.41) is 3.99. The molecule has 3 heteroatoms. The van der Waals surface area contributed by atoms with E-state index in [1.54, 1.807) is 0 Å². The average Bonchev–Trinajstić information content (AvgIpc) is 2.98. The van der Waals surface area contributed by atoms with Gasteiger partial charge < -0.3 is 4.84 Å². The highest BCUT2D eigenvalue weighted by molar-refractivity contribution is 6.21. The zero-order chi connectivity index (χ0) is 13.1. The van der Waals surface area contributed by atoms with E-state index in [9.17, 15) is 0 Å². The molecule has 96 valence electrons. The second kappa shape index (κ2) is 5.45. The van der Waals surface area contributed by atoms with Crippen LogP contribution >= 0.6 is 11.6 Å². The lowest BCUT2D eigenvalue weighted by Crippen LogP contribution is -2.15. The Hall–Kier alpha value is -1.80. The third kappa shape index (κ3) is 2.64. The number of alkyl halides is 1. The Bertz CT molecular complexity index is 568. The fourth-order valence-corrected chi connectivity index (χ4v) is 2.49. The molecule has 0 spiro atoms. The molecule has 2 nitrogen and oxygen atoms in total. The van der Waals surface area contributed by atoms with Crippen LogP contribution in [-0.4, -0.2) is 11.8 Å². The van der Waals surface area contributed by atoms with E-state index in [0.717, 1.165) is 23.3 Å². The molecule has 1 heterocycles. The molecule has 0 unspecified atom stereocenters.